The van der Waals surface area contributed by atoms with E-state index in [0.717, 1.165) is 12.8 Å². The van der Waals surface area contributed by atoms with Gasteiger partial charge in [0, 0.05) is 0 Å². The molecule has 0 heterocycles. The molecule has 1 unspecified atom stereocenters. The molecular weight excluding hydrogens is 188 g/mol. The van der Waals surface area contributed by atoms with Crippen LogP contribution in [0.15, 0.2) is 24.3 Å². The Bertz CT molecular complexity index is 266. The molecule has 0 aromatic carbocycles. The highest BCUT2D eigenvalue weighted by Crippen LogP contribution is 2.21. The summed E-state index contributed by atoms with van der Waals surface area (Å²) >= 11 is 0. The second kappa shape index (κ2) is 5.86. The second-order valence-corrected chi connectivity index (χ2v) is 4.17. The van der Waals surface area contributed by atoms with E-state index in [1.54, 1.807) is 18.2 Å². The van der Waals surface area contributed by atoms with Crippen LogP contribution in [-0.2, 0) is 4.79 Å². The van der Waals surface area contributed by atoms with Gasteiger partial charge in [-0.1, -0.05) is 44.8 Å². The minimum atomic E-state index is -1.22. The van der Waals surface area contributed by atoms with E-state index in [0.29, 0.717) is 6.42 Å². The molecule has 1 N–H and O–H groups in total. The summed E-state index contributed by atoms with van der Waals surface area (Å²) in [4.78, 5) is 11.4. The topological polar surface area (TPSA) is 37.3 Å². The smallest absolute Gasteiger partial charge is 0.191 e. The van der Waals surface area contributed by atoms with Crippen LogP contribution in [0, 0.1) is 0 Å². The van der Waals surface area contributed by atoms with Crippen LogP contribution in [0.25, 0.3) is 0 Å². The number of ketones is 1. The van der Waals surface area contributed by atoms with Crippen molar-refractivity contribution < 1.29 is 9.90 Å². The number of carbonyl (C=O) groups is 1. The number of carbonyl (C=O) groups excluding carboxylic acids is 1. The molecule has 0 spiro atoms. The number of hydrogen-bond acceptors (Lipinski definition) is 2. The van der Waals surface area contributed by atoms with Crippen LogP contribution in [0.2, 0.25) is 0 Å². The standard InChI is InChI=1S/C13H20O2/c1-2-3-4-5-7-10-13(15)11-8-6-9-12(13)14/h6,8-9,11,15H,2-5,7,10H2,1H3. The number of aliphatic hydroxyl groups is 1. The molecular formula is C13H20O2. The van der Waals surface area contributed by atoms with Gasteiger partial charge in [-0.25, -0.2) is 0 Å². The summed E-state index contributed by atoms with van der Waals surface area (Å²) in [5.74, 6) is -0.180. The molecule has 0 bridgehead atoms. The SMILES string of the molecule is CCCCCCCC1(O)C=CC=CC1=O. The molecule has 1 rings (SSSR count). The highest BCUT2D eigenvalue weighted by molar-refractivity contribution is 5.99. The number of unbranched alkanes of at least 4 members (excludes halogenated alkanes) is 4. The fourth-order valence-corrected chi connectivity index (χ4v) is 1.79. The quantitative estimate of drug-likeness (QED) is 0.681. The lowest BCUT2D eigenvalue weighted by atomic mass is 9.88. The minimum absolute atomic E-state index is 0.180. The van der Waals surface area contributed by atoms with Gasteiger partial charge in [0.05, 0.1) is 0 Å². The van der Waals surface area contributed by atoms with E-state index in [9.17, 15) is 9.90 Å². The van der Waals surface area contributed by atoms with Crippen molar-refractivity contribution in [2.24, 2.45) is 0 Å². The Balaban J connectivity index is 2.28. The van der Waals surface area contributed by atoms with Gasteiger partial charge < -0.3 is 5.11 Å². The zero-order valence-corrected chi connectivity index (χ0v) is 9.41. The van der Waals surface area contributed by atoms with Crippen molar-refractivity contribution >= 4 is 5.78 Å². The predicted molar refractivity (Wildman–Crippen MR) is 61.6 cm³/mol. The van der Waals surface area contributed by atoms with Gasteiger partial charge in [-0.15, -0.1) is 0 Å². The average molecular weight is 208 g/mol. The molecule has 0 aromatic rings. The van der Waals surface area contributed by atoms with Crippen LogP contribution in [0.1, 0.15) is 45.4 Å². The second-order valence-electron chi connectivity index (χ2n) is 4.17. The summed E-state index contributed by atoms with van der Waals surface area (Å²) in [6, 6.07) is 0. The lowest BCUT2D eigenvalue weighted by Gasteiger charge is -2.23. The van der Waals surface area contributed by atoms with E-state index in [1.807, 2.05) is 0 Å². The lowest BCUT2D eigenvalue weighted by molar-refractivity contribution is -0.128. The van der Waals surface area contributed by atoms with Gasteiger partial charge in [0.15, 0.2) is 5.78 Å². The first kappa shape index (κ1) is 12.2. The van der Waals surface area contributed by atoms with E-state index >= 15 is 0 Å². The van der Waals surface area contributed by atoms with Crippen molar-refractivity contribution in [3.05, 3.63) is 24.3 Å². The van der Waals surface area contributed by atoms with E-state index in [1.165, 1.54) is 25.3 Å². The molecule has 0 radical (unpaired) electrons. The van der Waals surface area contributed by atoms with Crippen LogP contribution < -0.4 is 0 Å². The molecule has 0 aromatic heterocycles. The summed E-state index contributed by atoms with van der Waals surface area (Å²) in [5.41, 5.74) is -1.22. The molecule has 15 heavy (non-hydrogen) atoms. The third-order valence-electron chi connectivity index (χ3n) is 2.82. The molecule has 1 atom stereocenters. The van der Waals surface area contributed by atoms with Crippen LogP contribution in [0.3, 0.4) is 0 Å². The fraction of sp³-hybridized carbons (Fsp3) is 0.615. The first-order valence-corrected chi connectivity index (χ1v) is 5.82. The van der Waals surface area contributed by atoms with Crippen LogP contribution in [0.4, 0.5) is 0 Å². The maximum Gasteiger partial charge on any atom is 0.191 e. The van der Waals surface area contributed by atoms with E-state index in [-0.39, 0.29) is 5.78 Å². The summed E-state index contributed by atoms with van der Waals surface area (Å²) in [6.45, 7) is 2.17. The summed E-state index contributed by atoms with van der Waals surface area (Å²) in [5, 5.41) is 10.0. The maximum absolute atomic E-state index is 11.4. The number of rotatable bonds is 6. The Morgan fingerprint density at radius 2 is 1.93 bits per heavy atom. The molecule has 2 heteroatoms. The van der Waals surface area contributed by atoms with Crippen molar-refractivity contribution in [2.75, 3.05) is 0 Å². The molecule has 0 fully saturated rings. The van der Waals surface area contributed by atoms with Crippen molar-refractivity contribution in [1.82, 2.24) is 0 Å². The van der Waals surface area contributed by atoms with E-state index in [2.05, 4.69) is 6.92 Å². The minimum Gasteiger partial charge on any atom is -0.378 e. The summed E-state index contributed by atoms with van der Waals surface area (Å²) < 4.78 is 0. The first-order chi connectivity index (χ1) is 7.19. The van der Waals surface area contributed by atoms with Crippen molar-refractivity contribution in [3.63, 3.8) is 0 Å². The molecule has 0 aliphatic heterocycles. The van der Waals surface area contributed by atoms with Crippen molar-refractivity contribution in [3.8, 4) is 0 Å². The molecule has 0 saturated carbocycles. The largest absolute Gasteiger partial charge is 0.378 e. The molecule has 0 amide bonds. The third-order valence-corrected chi connectivity index (χ3v) is 2.82. The van der Waals surface area contributed by atoms with Gasteiger partial charge in [-0.3, -0.25) is 4.79 Å². The van der Waals surface area contributed by atoms with Gasteiger partial charge in [0.1, 0.15) is 5.60 Å². The van der Waals surface area contributed by atoms with Crippen molar-refractivity contribution in [1.29, 1.82) is 0 Å². The molecule has 1 aliphatic carbocycles. The molecule has 2 nitrogen and oxygen atoms in total. The number of hydrogen-bond donors (Lipinski definition) is 1. The lowest BCUT2D eigenvalue weighted by Crippen LogP contribution is -2.36. The Hall–Kier alpha value is -0.890. The Morgan fingerprint density at radius 1 is 1.20 bits per heavy atom. The van der Waals surface area contributed by atoms with Gasteiger partial charge in [-0.05, 0) is 25.0 Å². The van der Waals surface area contributed by atoms with Gasteiger partial charge >= 0.3 is 0 Å². The molecule has 1 aliphatic rings. The monoisotopic (exact) mass is 208 g/mol. The fourth-order valence-electron chi connectivity index (χ4n) is 1.79. The summed E-state index contributed by atoms with van der Waals surface area (Å²) in [7, 11) is 0. The van der Waals surface area contributed by atoms with Crippen LogP contribution in [0.5, 0.6) is 0 Å². The maximum atomic E-state index is 11.4. The zero-order valence-electron chi connectivity index (χ0n) is 9.41. The van der Waals surface area contributed by atoms with Gasteiger partial charge in [0.2, 0.25) is 0 Å². The molecule has 84 valence electrons. The van der Waals surface area contributed by atoms with Gasteiger partial charge in [-0.2, -0.15) is 0 Å². The molecule has 0 saturated heterocycles. The normalized spacial score (nSPS) is 24.8. The van der Waals surface area contributed by atoms with E-state index < -0.39 is 5.60 Å². The highest BCUT2D eigenvalue weighted by Gasteiger charge is 2.31. The third kappa shape index (κ3) is 3.63. The van der Waals surface area contributed by atoms with Crippen LogP contribution >= 0.6 is 0 Å². The first-order valence-electron chi connectivity index (χ1n) is 5.82. The van der Waals surface area contributed by atoms with Crippen LogP contribution in [-0.4, -0.2) is 16.5 Å². The average Bonchev–Trinajstić information content (AvgIpc) is 2.23. The zero-order chi connectivity index (χ0) is 11.1. The predicted octanol–water partition coefficient (Wildman–Crippen LogP) is 2.77. The Labute approximate surface area is 91.7 Å². The van der Waals surface area contributed by atoms with E-state index in [4.69, 9.17) is 0 Å². The van der Waals surface area contributed by atoms with Gasteiger partial charge in [0.25, 0.3) is 0 Å². The Morgan fingerprint density at radius 3 is 2.60 bits per heavy atom. The number of allylic oxidation sites excluding steroid dienone is 2. The Kier molecular flexibility index (Phi) is 4.76. The highest BCUT2D eigenvalue weighted by atomic mass is 16.3. The van der Waals surface area contributed by atoms with Crippen molar-refractivity contribution in [2.45, 2.75) is 51.0 Å². The summed E-state index contributed by atoms with van der Waals surface area (Å²) in [6.07, 6.45) is 12.7.